The molecule has 2 aromatic rings. The topological polar surface area (TPSA) is 17.1 Å². The third kappa shape index (κ3) is 2.27. The zero-order valence-corrected chi connectivity index (χ0v) is 11.8. The van der Waals surface area contributed by atoms with Crippen molar-refractivity contribution in [3.8, 4) is 0 Å². The summed E-state index contributed by atoms with van der Waals surface area (Å²) in [4.78, 5) is 12.4. The van der Waals surface area contributed by atoms with Gasteiger partial charge in [0.2, 0.25) is 0 Å². The lowest BCUT2D eigenvalue weighted by atomic mass is 9.85. The van der Waals surface area contributed by atoms with Crippen molar-refractivity contribution in [1.82, 2.24) is 0 Å². The minimum absolute atomic E-state index is 0.182. The molecular weight excluding hydrogens is 276 g/mol. The van der Waals surface area contributed by atoms with E-state index in [0.717, 1.165) is 20.8 Å². The summed E-state index contributed by atoms with van der Waals surface area (Å²) in [5, 5.41) is 2.10. The van der Waals surface area contributed by atoms with Gasteiger partial charge in [-0.25, -0.2) is 0 Å². The van der Waals surface area contributed by atoms with Crippen molar-refractivity contribution in [2.75, 3.05) is 0 Å². The lowest BCUT2D eigenvalue weighted by molar-refractivity contribution is 0.0860. The maximum atomic E-state index is 12.4. The molecule has 0 radical (unpaired) electrons. The van der Waals surface area contributed by atoms with Crippen molar-refractivity contribution in [3.05, 3.63) is 46.4 Å². The first-order valence-electron chi connectivity index (χ1n) is 5.63. The quantitative estimate of drug-likeness (QED) is 0.688. The van der Waals surface area contributed by atoms with E-state index in [0.29, 0.717) is 0 Å². The number of carbonyl (C=O) groups excluding carboxylic acids is 1. The van der Waals surface area contributed by atoms with E-state index in [2.05, 4.69) is 15.9 Å². The molecule has 0 atom stereocenters. The highest BCUT2D eigenvalue weighted by atomic mass is 79.9. The standard InChI is InChI=1S/C15H15BrO/c1-15(2,3)14(17)12-8-9-13(16)11-7-5-4-6-10(11)12/h4-9H,1-3H3. The van der Waals surface area contributed by atoms with Crippen LogP contribution in [0.4, 0.5) is 0 Å². The van der Waals surface area contributed by atoms with Gasteiger partial charge in [-0.15, -0.1) is 0 Å². The predicted molar refractivity (Wildman–Crippen MR) is 75.4 cm³/mol. The number of hydrogen-bond donors (Lipinski definition) is 0. The van der Waals surface area contributed by atoms with Gasteiger partial charge >= 0.3 is 0 Å². The number of benzene rings is 2. The van der Waals surface area contributed by atoms with Crippen molar-refractivity contribution in [1.29, 1.82) is 0 Å². The Bertz CT molecular complexity index is 579. The Kier molecular flexibility index (Phi) is 3.09. The van der Waals surface area contributed by atoms with Crippen molar-refractivity contribution >= 4 is 32.5 Å². The van der Waals surface area contributed by atoms with E-state index < -0.39 is 0 Å². The Morgan fingerprint density at radius 2 is 1.59 bits per heavy atom. The summed E-state index contributed by atoms with van der Waals surface area (Å²) in [6.07, 6.45) is 0. The molecule has 0 heterocycles. The summed E-state index contributed by atoms with van der Waals surface area (Å²) >= 11 is 3.52. The van der Waals surface area contributed by atoms with E-state index in [4.69, 9.17) is 0 Å². The Balaban J connectivity index is 2.72. The molecule has 0 amide bonds. The van der Waals surface area contributed by atoms with Gasteiger partial charge in [0.1, 0.15) is 0 Å². The fourth-order valence-electron chi connectivity index (χ4n) is 1.86. The number of ketones is 1. The maximum Gasteiger partial charge on any atom is 0.168 e. The number of rotatable bonds is 1. The summed E-state index contributed by atoms with van der Waals surface area (Å²) in [5.74, 6) is 0.182. The molecule has 0 bridgehead atoms. The van der Waals surface area contributed by atoms with Gasteiger partial charge < -0.3 is 0 Å². The minimum atomic E-state index is -0.351. The van der Waals surface area contributed by atoms with Crippen LogP contribution in [0.15, 0.2) is 40.9 Å². The van der Waals surface area contributed by atoms with Crippen molar-refractivity contribution in [3.63, 3.8) is 0 Å². The van der Waals surface area contributed by atoms with Gasteiger partial charge in [0.25, 0.3) is 0 Å². The molecule has 0 aliphatic heterocycles. The molecule has 2 aromatic carbocycles. The summed E-state index contributed by atoms with van der Waals surface area (Å²) in [6, 6.07) is 11.8. The molecule has 0 aliphatic carbocycles. The highest BCUT2D eigenvalue weighted by Gasteiger charge is 2.24. The molecule has 0 aromatic heterocycles. The molecule has 0 saturated carbocycles. The number of hydrogen-bond acceptors (Lipinski definition) is 1. The van der Waals surface area contributed by atoms with Gasteiger partial charge in [0.15, 0.2) is 5.78 Å². The summed E-state index contributed by atoms with van der Waals surface area (Å²) in [5.41, 5.74) is 0.452. The van der Waals surface area contributed by atoms with Crippen LogP contribution in [0.1, 0.15) is 31.1 Å². The zero-order valence-electron chi connectivity index (χ0n) is 10.3. The maximum absolute atomic E-state index is 12.4. The van der Waals surface area contributed by atoms with Crippen LogP contribution in [0.3, 0.4) is 0 Å². The van der Waals surface area contributed by atoms with Crippen molar-refractivity contribution in [2.24, 2.45) is 5.41 Å². The second kappa shape index (κ2) is 4.26. The predicted octanol–water partition coefficient (Wildman–Crippen LogP) is 4.83. The number of halogens is 1. The summed E-state index contributed by atoms with van der Waals surface area (Å²) in [6.45, 7) is 5.85. The first-order valence-corrected chi connectivity index (χ1v) is 6.42. The smallest absolute Gasteiger partial charge is 0.168 e. The third-order valence-electron chi connectivity index (χ3n) is 2.80. The normalized spacial score (nSPS) is 11.8. The van der Waals surface area contributed by atoms with E-state index in [9.17, 15) is 4.79 Å². The van der Waals surface area contributed by atoms with Gasteiger partial charge in [0.05, 0.1) is 0 Å². The molecule has 0 aliphatic rings. The van der Waals surface area contributed by atoms with Gasteiger partial charge in [-0.3, -0.25) is 4.79 Å². The molecular formula is C15H15BrO. The molecule has 0 unspecified atom stereocenters. The van der Waals surface area contributed by atoms with Crippen LogP contribution in [0.5, 0.6) is 0 Å². The minimum Gasteiger partial charge on any atom is -0.294 e. The van der Waals surface area contributed by atoms with Gasteiger partial charge in [-0.1, -0.05) is 61.0 Å². The van der Waals surface area contributed by atoms with Crippen LogP contribution >= 0.6 is 15.9 Å². The molecule has 0 fully saturated rings. The molecule has 1 nitrogen and oxygen atoms in total. The Labute approximate surface area is 110 Å². The number of Topliss-reactive ketones (excluding diaryl/α,β-unsaturated/α-hetero) is 1. The van der Waals surface area contributed by atoms with Crippen LogP contribution in [0.25, 0.3) is 10.8 Å². The van der Waals surface area contributed by atoms with Crippen LogP contribution < -0.4 is 0 Å². The van der Waals surface area contributed by atoms with E-state index in [-0.39, 0.29) is 11.2 Å². The zero-order chi connectivity index (χ0) is 12.6. The summed E-state index contributed by atoms with van der Waals surface area (Å²) < 4.78 is 1.03. The Morgan fingerprint density at radius 3 is 2.18 bits per heavy atom. The van der Waals surface area contributed by atoms with Crippen molar-refractivity contribution in [2.45, 2.75) is 20.8 Å². The average Bonchev–Trinajstić information content (AvgIpc) is 2.28. The van der Waals surface area contributed by atoms with E-state index in [1.165, 1.54) is 0 Å². The molecule has 2 heteroatoms. The van der Waals surface area contributed by atoms with Crippen LogP contribution in [-0.4, -0.2) is 5.78 Å². The van der Waals surface area contributed by atoms with Gasteiger partial charge in [0, 0.05) is 15.5 Å². The van der Waals surface area contributed by atoms with E-state index in [1.54, 1.807) is 0 Å². The first kappa shape index (κ1) is 12.3. The second-order valence-electron chi connectivity index (χ2n) is 5.22. The molecule has 17 heavy (non-hydrogen) atoms. The summed E-state index contributed by atoms with van der Waals surface area (Å²) in [7, 11) is 0. The van der Waals surface area contributed by atoms with Crippen LogP contribution in [0, 0.1) is 5.41 Å². The molecule has 0 saturated heterocycles. The SMILES string of the molecule is CC(C)(C)C(=O)c1ccc(Br)c2ccccc12. The number of fused-ring (bicyclic) bond motifs is 1. The third-order valence-corrected chi connectivity index (χ3v) is 3.49. The lowest BCUT2D eigenvalue weighted by Crippen LogP contribution is -2.20. The number of carbonyl (C=O) groups is 1. The molecule has 2 rings (SSSR count). The van der Waals surface area contributed by atoms with Crippen LogP contribution in [0.2, 0.25) is 0 Å². The fourth-order valence-corrected chi connectivity index (χ4v) is 2.34. The fraction of sp³-hybridized carbons (Fsp3) is 0.267. The van der Waals surface area contributed by atoms with Gasteiger partial charge in [-0.2, -0.15) is 0 Å². The molecule has 0 N–H and O–H groups in total. The highest BCUT2D eigenvalue weighted by molar-refractivity contribution is 9.10. The highest BCUT2D eigenvalue weighted by Crippen LogP contribution is 2.30. The molecule has 88 valence electrons. The second-order valence-corrected chi connectivity index (χ2v) is 6.07. The van der Waals surface area contributed by atoms with Gasteiger partial charge in [-0.05, 0) is 22.9 Å². The lowest BCUT2D eigenvalue weighted by Gasteiger charge is -2.18. The Hall–Kier alpha value is -1.15. The van der Waals surface area contributed by atoms with Crippen LogP contribution in [-0.2, 0) is 0 Å². The molecule has 0 spiro atoms. The largest absolute Gasteiger partial charge is 0.294 e. The monoisotopic (exact) mass is 290 g/mol. The van der Waals surface area contributed by atoms with E-state index >= 15 is 0 Å². The average molecular weight is 291 g/mol. The Morgan fingerprint density at radius 1 is 1.00 bits per heavy atom. The van der Waals surface area contributed by atoms with Crippen molar-refractivity contribution < 1.29 is 4.79 Å². The van der Waals surface area contributed by atoms with E-state index in [1.807, 2.05) is 57.2 Å². The first-order chi connectivity index (χ1) is 7.91.